The summed E-state index contributed by atoms with van der Waals surface area (Å²) < 4.78 is 0. The van der Waals surface area contributed by atoms with Gasteiger partial charge in [-0.3, -0.25) is 9.69 Å². The number of hydrogen-bond acceptors (Lipinski definition) is 2. The van der Waals surface area contributed by atoms with E-state index in [2.05, 4.69) is 37.8 Å². The Morgan fingerprint density at radius 1 is 1.21 bits per heavy atom. The average molecular weight is 261 g/mol. The van der Waals surface area contributed by atoms with E-state index < -0.39 is 5.97 Å². The summed E-state index contributed by atoms with van der Waals surface area (Å²) in [4.78, 5) is 13.0. The summed E-state index contributed by atoms with van der Waals surface area (Å²) in [6.45, 7) is 8.14. The van der Waals surface area contributed by atoms with Crippen molar-refractivity contribution in [1.29, 1.82) is 0 Å². The van der Waals surface area contributed by atoms with Crippen LogP contribution in [-0.4, -0.2) is 29.1 Å². The second-order valence-electron chi connectivity index (χ2n) is 5.87. The molecule has 1 aromatic rings. The Hall–Kier alpha value is -1.35. The first-order valence-electron chi connectivity index (χ1n) is 6.96. The predicted octanol–water partition coefficient (Wildman–Crippen LogP) is 2.91. The lowest BCUT2D eigenvalue weighted by atomic mass is 10.0. The van der Waals surface area contributed by atoms with Crippen molar-refractivity contribution in [3.63, 3.8) is 0 Å². The summed E-state index contributed by atoms with van der Waals surface area (Å²) in [5.41, 5.74) is 5.09. The van der Waals surface area contributed by atoms with Gasteiger partial charge in [0.05, 0.1) is 6.54 Å². The summed E-state index contributed by atoms with van der Waals surface area (Å²) in [6.07, 6.45) is 2.50. The molecule has 3 heteroatoms. The van der Waals surface area contributed by atoms with Crippen molar-refractivity contribution in [2.75, 3.05) is 13.1 Å². The van der Waals surface area contributed by atoms with Crippen molar-refractivity contribution < 1.29 is 9.90 Å². The van der Waals surface area contributed by atoms with E-state index in [0.717, 1.165) is 13.1 Å². The van der Waals surface area contributed by atoms with Gasteiger partial charge in [0.25, 0.3) is 0 Å². The standard InChI is InChI=1S/C16H23NO2/c1-11-6-13(3)15(7-12(11)2)9-17(10-16(18)19)8-14-4-5-14/h6-7,14H,4-5,8-10H2,1-3H3,(H,18,19). The first-order chi connectivity index (χ1) is 8.95. The van der Waals surface area contributed by atoms with Crippen molar-refractivity contribution in [1.82, 2.24) is 4.90 Å². The molecule has 0 aromatic heterocycles. The van der Waals surface area contributed by atoms with Gasteiger partial charge in [-0.2, -0.15) is 0 Å². The number of carboxylic acid groups (broad SMARTS) is 1. The molecule has 1 aromatic carbocycles. The van der Waals surface area contributed by atoms with Crippen LogP contribution in [0.1, 0.15) is 35.1 Å². The maximum Gasteiger partial charge on any atom is 0.317 e. The van der Waals surface area contributed by atoms with Crippen LogP contribution in [0.15, 0.2) is 12.1 Å². The highest BCUT2D eigenvalue weighted by molar-refractivity contribution is 5.69. The van der Waals surface area contributed by atoms with Crippen LogP contribution in [0.4, 0.5) is 0 Å². The molecule has 1 aliphatic carbocycles. The lowest BCUT2D eigenvalue weighted by Gasteiger charge is -2.22. The smallest absolute Gasteiger partial charge is 0.317 e. The molecule has 0 unspecified atom stereocenters. The van der Waals surface area contributed by atoms with Crippen molar-refractivity contribution >= 4 is 5.97 Å². The maximum atomic E-state index is 11.0. The van der Waals surface area contributed by atoms with Crippen LogP contribution in [0, 0.1) is 26.7 Å². The Morgan fingerprint density at radius 2 is 1.84 bits per heavy atom. The molecule has 0 aliphatic heterocycles. The highest BCUT2D eigenvalue weighted by Crippen LogP contribution is 2.30. The predicted molar refractivity (Wildman–Crippen MR) is 76.3 cm³/mol. The van der Waals surface area contributed by atoms with E-state index in [1.165, 1.54) is 35.1 Å². The molecule has 0 amide bonds. The molecule has 1 fully saturated rings. The molecule has 0 spiro atoms. The molecule has 1 saturated carbocycles. The fourth-order valence-electron chi connectivity index (χ4n) is 2.47. The average Bonchev–Trinajstić information content (AvgIpc) is 3.08. The zero-order valence-electron chi connectivity index (χ0n) is 12.1. The largest absolute Gasteiger partial charge is 0.480 e. The molecule has 0 saturated heterocycles. The van der Waals surface area contributed by atoms with Gasteiger partial charge in [-0.25, -0.2) is 0 Å². The first kappa shape index (κ1) is 14.1. The third-order valence-corrected chi connectivity index (χ3v) is 3.92. The number of aryl methyl sites for hydroxylation is 3. The Labute approximate surface area is 115 Å². The lowest BCUT2D eigenvalue weighted by Crippen LogP contribution is -2.31. The molecule has 1 N–H and O–H groups in total. The maximum absolute atomic E-state index is 11.0. The second kappa shape index (κ2) is 5.74. The Bertz CT molecular complexity index is 478. The van der Waals surface area contributed by atoms with Gasteiger partial charge in [-0.05, 0) is 61.8 Å². The number of aliphatic carboxylic acids is 1. The minimum absolute atomic E-state index is 0.142. The topological polar surface area (TPSA) is 40.5 Å². The van der Waals surface area contributed by atoms with Crippen LogP contribution in [0.5, 0.6) is 0 Å². The van der Waals surface area contributed by atoms with Crippen molar-refractivity contribution in [2.24, 2.45) is 5.92 Å². The zero-order valence-corrected chi connectivity index (χ0v) is 12.1. The molecule has 0 radical (unpaired) electrons. The van der Waals surface area contributed by atoms with Crippen LogP contribution in [0.2, 0.25) is 0 Å². The summed E-state index contributed by atoms with van der Waals surface area (Å²) >= 11 is 0. The summed E-state index contributed by atoms with van der Waals surface area (Å²) in [5.74, 6) is -0.0201. The van der Waals surface area contributed by atoms with Crippen LogP contribution in [-0.2, 0) is 11.3 Å². The summed E-state index contributed by atoms with van der Waals surface area (Å²) in [6, 6.07) is 4.40. The van der Waals surface area contributed by atoms with Gasteiger partial charge >= 0.3 is 5.97 Å². The quantitative estimate of drug-likeness (QED) is 0.856. The Kier molecular flexibility index (Phi) is 4.25. The molecule has 1 aliphatic rings. The zero-order chi connectivity index (χ0) is 14.0. The normalized spacial score (nSPS) is 14.9. The van der Waals surface area contributed by atoms with E-state index in [4.69, 9.17) is 5.11 Å². The van der Waals surface area contributed by atoms with Gasteiger partial charge in [0.15, 0.2) is 0 Å². The molecule has 2 rings (SSSR count). The number of nitrogens with zero attached hydrogens (tertiary/aromatic N) is 1. The van der Waals surface area contributed by atoms with E-state index in [-0.39, 0.29) is 6.54 Å². The van der Waals surface area contributed by atoms with E-state index in [0.29, 0.717) is 5.92 Å². The number of rotatable bonds is 6. The molecule has 0 heterocycles. The first-order valence-corrected chi connectivity index (χ1v) is 6.96. The van der Waals surface area contributed by atoms with E-state index in [9.17, 15) is 4.79 Å². The van der Waals surface area contributed by atoms with E-state index in [1.807, 2.05) is 0 Å². The minimum atomic E-state index is -0.734. The van der Waals surface area contributed by atoms with Crippen molar-refractivity contribution in [2.45, 2.75) is 40.2 Å². The van der Waals surface area contributed by atoms with Crippen LogP contribution in [0.3, 0.4) is 0 Å². The molecule has 0 atom stereocenters. The fraction of sp³-hybridized carbons (Fsp3) is 0.562. The van der Waals surface area contributed by atoms with Gasteiger partial charge < -0.3 is 5.11 Å². The number of carboxylic acids is 1. The summed E-state index contributed by atoms with van der Waals surface area (Å²) in [5, 5.41) is 9.02. The third kappa shape index (κ3) is 4.06. The van der Waals surface area contributed by atoms with Crippen molar-refractivity contribution in [3.8, 4) is 0 Å². The van der Waals surface area contributed by atoms with Gasteiger partial charge in [0.1, 0.15) is 0 Å². The molecular formula is C16H23NO2. The molecular weight excluding hydrogens is 238 g/mol. The lowest BCUT2D eigenvalue weighted by molar-refractivity contribution is -0.138. The molecule has 19 heavy (non-hydrogen) atoms. The van der Waals surface area contributed by atoms with Crippen molar-refractivity contribution in [3.05, 3.63) is 34.4 Å². The monoisotopic (exact) mass is 261 g/mol. The number of carbonyl (C=O) groups is 1. The highest BCUT2D eigenvalue weighted by atomic mass is 16.4. The molecule has 3 nitrogen and oxygen atoms in total. The molecule has 104 valence electrons. The van der Waals surface area contributed by atoms with Crippen LogP contribution in [0.25, 0.3) is 0 Å². The summed E-state index contributed by atoms with van der Waals surface area (Å²) in [7, 11) is 0. The minimum Gasteiger partial charge on any atom is -0.480 e. The van der Waals surface area contributed by atoms with Gasteiger partial charge in [-0.1, -0.05) is 12.1 Å². The number of benzene rings is 1. The fourth-order valence-corrected chi connectivity index (χ4v) is 2.47. The van der Waals surface area contributed by atoms with Gasteiger partial charge in [0, 0.05) is 13.1 Å². The Morgan fingerprint density at radius 3 is 2.42 bits per heavy atom. The van der Waals surface area contributed by atoms with Gasteiger partial charge in [0.2, 0.25) is 0 Å². The third-order valence-electron chi connectivity index (χ3n) is 3.92. The van der Waals surface area contributed by atoms with E-state index in [1.54, 1.807) is 0 Å². The van der Waals surface area contributed by atoms with E-state index >= 15 is 0 Å². The Balaban J connectivity index is 2.10. The van der Waals surface area contributed by atoms with Crippen LogP contribution >= 0.6 is 0 Å². The number of hydrogen-bond donors (Lipinski definition) is 1. The SMILES string of the molecule is Cc1cc(C)c(CN(CC(=O)O)CC2CC2)cc1C. The molecule has 0 bridgehead atoms. The highest BCUT2D eigenvalue weighted by Gasteiger charge is 2.25. The van der Waals surface area contributed by atoms with Gasteiger partial charge in [-0.15, -0.1) is 0 Å². The van der Waals surface area contributed by atoms with Crippen LogP contribution < -0.4 is 0 Å². The second-order valence-corrected chi connectivity index (χ2v) is 5.87.